The van der Waals surface area contributed by atoms with Gasteiger partial charge in [-0.25, -0.2) is 4.98 Å². The van der Waals surface area contributed by atoms with Gasteiger partial charge < -0.3 is 4.98 Å². The normalized spacial score (nSPS) is 18.1. The number of nitrogens with zero attached hydrogens (tertiary/aromatic N) is 2. The minimum Gasteiger partial charge on any atom is -0.324 e. The highest BCUT2D eigenvalue weighted by atomic mass is 16.2. The van der Waals surface area contributed by atoms with Gasteiger partial charge in [0.2, 0.25) is 11.9 Å². The molecule has 1 aliphatic rings. The first kappa shape index (κ1) is 14.9. The maximum Gasteiger partial charge on any atom is 0.244 e. The van der Waals surface area contributed by atoms with E-state index in [4.69, 9.17) is 0 Å². The van der Waals surface area contributed by atoms with Gasteiger partial charge in [-0.15, -0.1) is 0 Å². The zero-order chi connectivity index (χ0) is 16.5. The molecule has 1 fully saturated rings. The van der Waals surface area contributed by atoms with Gasteiger partial charge in [-0.1, -0.05) is 36.4 Å². The molecule has 122 valence electrons. The molecular formula is C19H20N4O. The van der Waals surface area contributed by atoms with Gasteiger partial charge in [-0.2, -0.15) is 0 Å². The summed E-state index contributed by atoms with van der Waals surface area (Å²) >= 11 is 0. The summed E-state index contributed by atoms with van der Waals surface area (Å²) in [6.45, 7) is 0.971. The van der Waals surface area contributed by atoms with Crippen LogP contribution in [-0.2, 0) is 4.79 Å². The van der Waals surface area contributed by atoms with Gasteiger partial charge in [-0.05, 0) is 49.7 Å². The SMILES string of the molecule is CN1CCCC1C(=O)Nc1nc2ccc(-c3ccccc3)cc2[nH]1. The molecule has 0 spiro atoms. The van der Waals surface area contributed by atoms with Crippen molar-refractivity contribution < 1.29 is 4.79 Å². The predicted octanol–water partition coefficient (Wildman–Crippen LogP) is 3.26. The number of H-pyrrole nitrogens is 1. The van der Waals surface area contributed by atoms with Crippen LogP contribution in [0, 0.1) is 0 Å². The number of fused-ring (bicyclic) bond motifs is 1. The van der Waals surface area contributed by atoms with Crippen molar-refractivity contribution in [2.45, 2.75) is 18.9 Å². The van der Waals surface area contributed by atoms with Crippen molar-refractivity contribution in [3.05, 3.63) is 48.5 Å². The van der Waals surface area contributed by atoms with E-state index in [0.29, 0.717) is 5.95 Å². The van der Waals surface area contributed by atoms with Gasteiger partial charge >= 0.3 is 0 Å². The van der Waals surface area contributed by atoms with Crippen LogP contribution in [0.4, 0.5) is 5.95 Å². The van der Waals surface area contributed by atoms with E-state index in [2.05, 4.69) is 44.5 Å². The molecule has 4 rings (SSSR count). The number of aromatic nitrogens is 2. The lowest BCUT2D eigenvalue weighted by Gasteiger charge is -2.17. The number of likely N-dealkylation sites (N-methyl/N-ethyl adjacent to an activating group) is 1. The number of amides is 1. The van der Waals surface area contributed by atoms with Crippen LogP contribution < -0.4 is 5.32 Å². The first-order chi connectivity index (χ1) is 11.7. The molecular weight excluding hydrogens is 300 g/mol. The monoisotopic (exact) mass is 320 g/mol. The molecule has 1 atom stereocenters. The van der Waals surface area contributed by atoms with Crippen LogP contribution in [0.25, 0.3) is 22.2 Å². The van der Waals surface area contributed by atoms with Crippen molar-refractivity contribution in [1.29, 1.82) is 0 Å². The summed E-state index contributed by atoms with van der Waals surface area (Å²) in [6.07, 6.45) is 1.97. The maximum atomic E-state index is 12.4. The first-order valence-corrected chi connectivity index (χ1v) is 8.27. The Labute approximate surface area is 140 Å². The molecule has 2 aromatic carbocycles. The molecule has 0 aliphatic carbocycles. The van der Waals surface area contributed by atoms with Crippen molar-refractivity contribution in [2.75, 3.05) is 18.9 Å². The molecule has 5 nitrogen and oxygen atoms in total. The second kappa shape index (κ2) is 6.09. The summed E-state index contributed by atoms with van der Waals surface area (Å²) in [5.41, 5.74) is 4.06. The summed E-state index contributed by atoms with van der Waals surface area (Å²) in [4.78, 5) is 22.2. The Morgan fingerprint density at radius 3 is 2.79 bits per heavy atom. The van der Waals surface area contributed by atoms with Gasteiger partial charge in [0.1, 0.15) is 0 Å². The van der Waals surface area contributed by atoms with Crippen LogP contribution in [0.3, 0.4) is 0 Å². The third-order valence-corrected chi connectivity index (χ3v) is 4.65. The quantitative estimate of drug-likeness (QED) is 0.778. The fourth-order valence-electron chi connectivity index (χ4n) is 3.32. The molecule has 1 amide bonds. The van der Waals surface area contributed by atoms with Crippen LogP contribution >= 0.6 is 0 Å². The highest BCUT2D eigenvalue weighted by Crippen LogP contribution is 2.24. The maximum absolute atomic E-state index is 12.4. The average Bonchev–Trinajstić information content (AvgIpc) is 3.20. The lowest BCUT2D eigenvalue weighted by molar-refractivity contribution is -0.120. The summed E-state index contributed by atoms with van der Waals surface area (Å²) in [7, 11) is 1.99. The van der Waals surface area contributed by atoms with E-state index < -0.39 is 0 Å². The van der Waals surface area contributed by atoms with Crippen molar-refractivity contribution in [2.24, 2.45) is 0 Å². The van der Waals surface area contributed by atoms with Gasteiger partial charge in [-0.3, -0.25) is 15.0 Å². The largest absolute Gasteiger partial charge is 0.324 e. The Kier molecular flexibility index (Phi) is 3.78. The molecule has 1 saturated heterocycles. The number of carbonyl (C=O) groups excluding carboxylic acids is 1. The number of aromatic amines is 1. The molecule has 2 N–H and O–H groups in total. The number of anilines is 1. The molecule has 1 unspecified atom stereocenters. The standard InChI is InChI=1S/C19H20N4O/c1-23-11-5-8-17(23)18(24)22-19-20-15-10-9-14(12-16(15)21-19)13-6-3-2-4-7-13/h2-4,6-7,9-10,12,17H,5,8,11H2,1H3,(H2,20,21,22,24). The summed E-state index contributed by atoms with van der Waals surface area (Å²) in [6, 6.07) is 16.2. The molecule has 0 radical (unpaired) electrons. The number of likely N-dealkylation sites (tertiary alicyclic amines) is 1. The van der Waals surface area contributed by atoms with E-state index in [9.17, 15) is 4.79 Å². The van der Waals surface area contributed by atoms with E-state index >= 15 is 0 Å². The number of imidazole rings is 1. The van der Waals surface area contributed by atoms with E-state index in [0.717, 1.165) is 41.5 Å². The Balaban J connectivity index is 1.58. The molecule has 0 saturated carbocycles. The predicted molar refractivity (Wildman–Crippen MR) is 95.8 cm³/mol. The van der Waals surface area contributed by atoms with Crippen LogP contribution in [0.1, 0.15) is 12.8 Å². The number of nitrogens with one attached hydrogen (secondary N) is 2. The van der Waals surface area contributed by atoms with Crippen LogP contribution in [0.2, 0.25) is 0 Å². The van der Waals surface area contributed by atoms with Crippen LogP contribution in [0.15, 0.2) is 48.5 Å². The second-order valence-corrected chi connectivity index (χ2v) is 6.31. The van der Waals surface area contributed by atoms with Crippen LogP contribution in [-0.4, -0.2) is 40.4 Å². The van der Waals surface area contributed by atoms with Gasteiger partial charge in [0.15, 0.2) is 0 Å². The molecule has 5 heteroatoms. The first-order valence-electron chi connectivity index (χ1n) is 8.27. The van der Waals surface area contributed by atoms with Crippen molar-refractivity contribution >= 4 is 22.9 Å². The van der Waals surface area contributed by atoms with E-state index in [1.165, 1.54) is 0 Å². The topological polar surface area (TPSA) is 61.0 Å². The Morgan fingerprint density at radius 2 is 2.04 bits per heavy atom. The number of hydrogen-bond donors (Lipinski definition) is 2. The van der Waals surface area contributed by atoms with Gasteiger partial charge in [0, 0.05) is 0 Å². The lowest BCUT2D eigenvalue weighted by atomic mass is 10.1. The van der Waals surface area contributed by atoms with Crippen molar-refractivity contribution in [1.82, 2.24) is 14.9 Å². The van der Waals surface area contributed by atoms with Crippen LogP contribution in [0.5, 0.6) is 0 Å². The third-order valence-electron chi connectivity index (χ3n) is 4.65. The molecule has 1 aliphatic heterocycles. The Hall–Kier alpha value is -2.66. The number of benzene rings is 2. The lowest BCUT2D eigenvalue weighted by Crippen LogP contribution is -2.37. The number of hydrogen-bond acceptors (Lipinski definition) is 3. The average molecular weight is 320 g/mol. The molecule has 0 bridgehead atoms. The zero-order valence-corrected chi connectivity index (χ0v) is 13.6. The van der Waals surface area contributed by atoms with Gasteiger partial charge in [0.05, 0.1) is 17.1 Å². The Bertz CT molecular complexity index is 871. The summed E-state index contributed by atoms with van der Waals surface area (Å²) < 4.78 is 0. The minimum atomic E-state index is -0.0573. The van der Waals surface area contributed by atoms with Crippen molar-refractivity contribution in [3.8, 4) is 11.1 Å². The number of rotatable bonds is 3. The molecule has 24 heavy (non-hydrogen) atoms. The zero-order valence-electron chi connectivity index (χ0n) is 13.6. The van der Waals surface area contributed by atoms with E-state index in [-0.39, 0.29) is 11.9 Å². The van der Waals surface area contributed by atoms with Gasteiger partial charge in [0.25, 0.3) is 0 Å². The molecule has 1 aromatic heterocycles. The third kappa shape index (κ3) is 2.78. The highest BCUT2D eigenvalue weighted by molar-refractivity contribution is 5.95. The highest BCUT2D eigenvalue weighted by Gasteiger charge is 2.28. The fourth-order valence-corrected chi connectivity index (χ4v) is 3.32. The smallest absolute Gasteiger partial charge is 0.244 e. The number of carbonyl (C=O) groups is 1. The minimum absolute atomic E-state index is 0.0114. The molecule has 3 aromatic rings. The van der Waals surface area contributed by atoms with Crippen molar-refractivity contribution in [3.63, 3.8) is 0 Å². The summed E-state index contributed by atoms with van der Waals surface area (Å²) in [5, 5.41) is 2.92. The fraction of sp³-hybridized carbons (Fsp3) is 0.263. The van der Waals surface area contributed by atoms with E-state index in [1.54, 1.807) is 0 Å². The molecule has 2 heterocycles. The summed E-state index contributed by atoms with van der Waals surface area (Å²) in [5.74, 6) is 0.526. The van der Waals surface area contributed by atoms with E-state index in [1.807, 2.05) is 31.3 Å². The Morgan fingerprint density at radius 1 is 1.21 bits per heavy atom. The second-order valence-electron chi connectivity index (χ2n) is 6.31.